The van der Waals surface area contributed by atoms with E-state index in [1.54, 1.807) is 12.1 Å². The number of thioether (sulfide) groups is 1. The topological polar surface area (TPSA) is 46.0 Å². The van der Waals surface area contributed by atoms with Crippen molar-refractivity contribution in [2.75, 3.05) is 6.61 Å². The number of hydrogen-bond donors (Lipinski definition) is 1. The average molecular weight is 294 g/mol. The molecule has 0 saturated heterocycles. The molecule has 1 aromatic carbocycles. The molecule has 3 nitrogen and oxygen atoms in total. The smallest absolute Gasteiger partial charge is 0.174 e. The number of benzene rings is 1. The van der Waals surface area contributed by atoms with Gasteiger partial charge >= 0.3 is 0 Å². The van der Waals surface area contributed by atoms with Crippen LogP contribution in [0.1, 0.15) is 16.1 Å². The molecular formula is C13H11FN2OS2. The average Bonchev–Trinajstić information content (AvgIpc) is 2.81. The predicted molar refractivity (Wildman–Crippen MR) is 74.6 cm³/mol. The summed E-state index contributed by atoms with van der Waals surface area (Å²) in [4.78, 5) is 0. The lowest BCUT2D eigenvalue weighted by Crippen LogP contribution is -1.89. The highest BCUT2D eigenvalue weighted by atomic mass is 32.2. The summed E-state index contributed by atoms with van der Waals surface area (Å²) in [5, 5.41) is 17.4. The number of aliphatic hydroxyl groups is 1. The van der Waals surface area contributed by atoms with Gasteiger partial charge in [-0.2, -0.15) is 0 Å². The Balaban J connectivity index is 2.05. The highest BCUT2D eigenvalue weighted by molar-refractivity contribution is 8.00. The van der Waals surface area contributed by atoms with Gasteiger partial charge in [-0.15, -0.1) is 10.2 Å². The molecule has 0 fully saturated rings. The Kier molecular flexibility index (Phi) is 4.91. The molecule has 1 N–H and O–H groups in total. The Morgan fingerprint density at radius 3 is 2.89 bits per heavy atom. The first-order chi connectivity index (χ1) is 9.19. The quantitative estimate of drug-likeness (QED) is 0.698. The van der Waals surface area contributed by atoms with Gasteiger partial charge in [0.1, 0.15) is 17.4 Å². The van der Waals surface area contributed by atoms with E-state index in [4.69, 9.17) is 5.11 Å². The van der Waals surface area contributed by atoms with Crippen molar-refractivity contribution in [3.8, 4) is 11.8 Å². The third-order valence-corrected chi connectivity index (χ3v) is 4.24. The molecule has 0 bridgehead atoms. The lowest BCUT2D eigenvalue weighted by Gasteiger charge is -2.01. The molecule has 2 rings (SSSR count). The van der Waals surface area contributed by atoms with Gasteiger partial charge < -0.3 is 5.11 Å². The Morgan fingerprint density at radius 2 is 2.26 bits per heavy atom. The van der Waals surface area contributed by atoms with Gasteiger partial charge in [0.2, 0.25) is 0 Å². The van der Waals surface area contributed by atoms with Crippen molar-refractivity contribution in [2.45, 2.75) is 17.0 Å². The van der Waals surface area contributed by atoms with E-state index in [1.807, 2.05) is 6.92 Å². The fraction of sp³-hybridized carbons (Fsp3) is 0.231. The van der Waals surface area contributed by atoms with Crippen LogP contribution >= 0.6 is 23.1 Å². The molecule has 0 radical (unpaired) electrons. The van der Waals surface area contributed by atoms with Gasteiger partial charge in [0, 0.05) is 11.3 Å². The fourth-order valence-corrected chi connectivity index (χ4v) is 3.16. The second-order valence-electron chi connectivity index (χ2n) is 3.64. The molecular weight excluding hydrogens is 283 g/mol. The first-order valence-corrected chi connectivity index (χ1v) is 7.30. The number of halogens is 1. The van der Waals surface area contributed by atoms with E-state index in [9.17, 15) is 4.39 Å². The standard InChI is InChI=1S/C13H11FN2OS2/c1-9-15-16-13(19-9)18-8-11-5-4-10(3-2-6-17)7-12(11)14/h4-5,7,17H,6,8H2,1H3. The minimum Gasteiger partial charge on any atom is -0.384 e. The molecule has 0 amide bonds. The van der Waals surface area contributed by atoms with Crippen molar-refractivity contribution < 1.29 is 9.50 Å². The van der Waals surface area contributed by atoms with E-state index in [0.717, 1.165) is 9.35 Å². The second kappa shape index (κ2) is 6.66. The number of nitrogens with zero attached hydrogens (tertiary/aromatic N) is 2. The SMILES string of the molecule is Cc1nnc(SCc2ccc(C#CCO)cc2F)s1. The van der Waals surface area contributed by atoms with Crippen LogP contribution in [0.25, 0.3) is 0 Å². The van der Waals surface area contributed by atoms with E-state index in [2.05, 4.69) is 22.0 Å². The molecule has 0 saturated carbocycles. The van der Waals surface area contributed by atoms with Crippen LogP contribution in [-0.2, 0) is 5.75 Å². The molecule has 6 heteroatoms. The summed E-state index contributed by atoms with van der Waals surface area (Å²) in [5.74, 6) is 5.38. The van der Waals surface area contributed by atoms with Crippen molar-refractivity contribution in [1.29, 1.82) is 0 Å². The van der Waals surface area contributed by atoms with E-state index in [1.165, 1.54) is 29.2 Å². The molecule has 19 heavy (non-hydrogen) atoms. The Hall–Kier alpha value is -1.42. The highest BCUT2D eigenvalue weighted by Crippen LogP contribution is 2.26. The maximum Gasteiger partial charge on any atom is 0.174 e. The Bertz CT molecular complexity index is 631. The molecule has 1 aromatic heterocycles. The summed E-state index contributed by atoms with van der Waals surface area (Å²) >= 11 is 2.96. The predicted octanol–water partition coefficient (Wildman–Crippen LogP) is 2.62. The van der Waals surface area contributed by atoms with E-state index >= 15 is 0 Å². The molecule has 0 aliphatic carbocycles. The van der Waals surface area contributed by atoms with Crippen LogP contribution in [0, 0.1) is 24.6 Å². The second-order valence-corrected chi connectivity index (χ2v) is 6.05. The maximum absolute atomic E-state index is 13.8. The van der Waals surface area contributed by atoms with Crippen LogP contribution in [-0.4, -0.2) is 21.9 Å². The van der Waals surface area contributed by atoms with Crippen LogP contribution in [0.2, 0.25) is 0 Å². The number of rotatable bonds is 3. The van der Waals surface area contributed by atoms with E-state index in [-0.39, 0.29) is 12.4 Å². The summed E-state index contributed by atoms with van der Waals surface area (Å²) in [6, 6.07) is 4.83. The molecule has 1 heterocycles. The van der Waals surface area contributed by atoms with E-state index < -0.39 is 0 Å². The number of aromatic nitrogens is 2. The van der Waals surface area contributed by atoms with Crippen molar-refractivity contribution in [3.05, 3.63) is 40.2 Å². The zero-order valence-electron chi connectivity index (χ0n) is 10.2. The van der Waals surface area contributed by atoms with Gasteiger partial charge in [-0.25, -0.2) is 4.39 Å². The lowest BCUT2D eigenvalue weighted by molar-refractivity contribution is 0.350. The van der Waals surface area contributed by atoms with Crippen LogP contribution in [0.4, 0.5) is 4.39 Å². The van der Waals surface area contributed by atoms with Crippen molar-refractivity contribution in [1.82, 2.24) is 10.2 Å². The van der Waals surface area contributed by atoms with Gasteiger partial charge in [-0.05, 0) is 24.6 Å². The van der Waals surface area contributed by atoms with Gasteiger partial charge in [-0.3, -0.25) is 0 Å². The van der Waals surface area contributed by atoms with Crippen LogP contribution in [0.3, 0.4) is 0 Å². The van der Waals surface area contributed by atoms with Crippen LogP contribution in [0.15, 0.2) is 22.5 Å². The van der Waals surface area contributed by atoms with Crippen LogP contribution < -0.4 is 0 Å². The van der Waals surface area contributed by atoms with Crippen molar-refractivity contribution >= 4 is 23.1 Å². The summed E-state index contributed by atoms with van der Waals surface area (Å²) in [6.07, 6.45) is 0. The molecule has 0 atom stereocenters. The van der Waals surface area contributed by atoms with E-state index in [0.29, 0.717) is 16.9 Å². The molecule has 0 spiro atoms. The number of aliphatic hydroxyl groups excluding tert-OH is 1. The number of aryl methyl sites for hydroxylation is 1. The first kappa shape index (κ1) is 14.0. The third-order valence-electron chi connectivity index (χ3n) is 2.22. The van der Waals surface area contributed by atoms with Crippen LogP contribution in [0.5, 0.6) is 0 Å². The summed E-state index contributed by atoms with van der Waals surface area (Å²) in [6.45, 7) is 1.66. The summed E-state index contributed by atoms with van der Waals surface area (Å²) in [7, 11) is 0. The highest BCUT2D eigenvalue weighted by Gasteiger charge is 2.06. The minimum atomic E-state index is -0.293. The molecule has 0 aliphatic heterocycles. The van der Waals surface area contributed by atoms with Gasteiger partial charge in [-0.1, -0.05) is 41.0 Å². The summed E-state index contributed by atoms with van der Waals surface area (Å²) < 4.78 is 14.6. The third kappa shape index (κ3) is 4.03. The van der Waals surface area contributed by atoms with Gasteiger partial charge in [0.15, 0.2) is 4.34 Å². The van der Waals surface area contributed by atoms with Crippen molar-refractivity contribution in [3.63, 3.8) is 0 Å². The largest absolute Gasteiger partial charge is 0.384 e. The zero-order valence-corrected chi connectivity index (χ0v) is 11.8. The maximum atomic E-state index is 13.8. The van der Waals surface area contributed by atoms with Gasteiger partial charge in [0.05, 0.1) is 0 Å². The first-order valence-electron chi connectivity index (χ1n) is 5.50. The molecule has 0 aliphatic rings. The molecule has 0 unspecified atom stereocenters. The zero-order chi connectivity index (χ0) is 13.7. The van der Waals surface area contributed by atoms with Crippen molar-refractivity contribution in [2.24, 2.45) is 0 Å². The Labute approximate surface area is 118 Å². The molecule has 98 valence electrons. The lowest BCUT2D eigenvalue weighted by atomic mass is 10.1. The monoisotopic (exact) mass is 294 g/mol. The Morgan fingerprint density at radius 1 is 1.42 bits per heavy atom. The summed E-state index contributed by atoms with van der Waals surface area (Å²) in [5.41, 5.74) is 1.17. The van der Waals surface area contributed by atoms with Gasteiger partial charge in [0.25, 0.3) is 0 Å². The molecule has 2 aromatic rings. The minimum absolute atomic E-state index is 0.227. The number of hydrogen-bond acceptors (Lipinski definition) is 5. The fourth-order valence-electron chi connectivity index (χ4n) is 1.36. The normalized spacial score (nSPS) is 10.1.